The summed E-state index contributed by atoms with van der Waals surface area (Å²) in [5.74, 6) is 0.203. The van der Waals surface area contributed by atoms with Crippen LogP contribution >= 0.6 is 0 Å². The van der Waals surface area contributed by atoms with Gasteiger partial charge in [-0.05, 0) is 81.2 Å². The fraction of sp³-hybridized carbons (Fsp3) is 0.619. The number of aliphatic carboxylic acids is 1. The molecule has 0 spiro atoms. The first-order valence-electron chi connectivity index (χ1n) is 9.55. The summed E-state index contributed by atoms with van der Waals surface area (Å²) in [5, 5.41) is 8.88. The Morgan fingerprint density at radius 1 is 1.27 bits per heavy atom. The van der Waals surface area contributed by atoms with Crippen molar-refractivity contribution >= 4 is 11.9 Å². The molecule has 0 fully saturated rings. The highest BCUT2D eigenvalue weighted by atomic mass is 16.5. The molecule has 0 unspecified atom stereocenters. The number of carbonyl (C=O) groups is 2. The minimum atomic E-state index is -0.976. The predicted molar refractivity (Wildman–Crippen MR) is 102 cm³/mol. The van der Waals surface area contributed by atoms with Crippen molar-refractivity contribution in [3.05, 3.63) is 28.3 Å². The molecule has 1 aromatic carbocycles. The first-order valence-corrected chi connectivity index (χ1v) is 9.55. The number of carbonyl (C=O) groups excluding carboxylic acids is 1. The molecule has 0 bridgehead atoms. The van der Waals surface area contributed by atoms with E-state index in [0.29, 0.717) is 11.7 Å². The average molecular weight is 361 g/mol. The van der Waals surface area contributed by atoms with E-state index in [2.05, 4.69) is 6.92 Å². The van der Waals surface area contributed by atoms with Crippen LogP contribution in [0.25, 0.3) is 0 Å². The van der Waals surface area contributed by atoms with E-state index in [1.807, 2.05) is 38.7 Å². The smallest absolute Gasteiger partial charge is 0.341 e. The number of rotatable bonds is 7. The van der Waals surface area contributed by atoms with Gasteiger partial charge in [-0.25, -0.2) is 4.79 Å². The van der Waals surface area contributed by atoms with Crippen molar-refractivity contribution in [3.63, 3.8) is 0 Å². The van der Waals surface area contributed by atoms with Gasteiger partial charge in [-0.2, -0.15) is 0 Å². The number of nitrogens with zero attached hydrogens (tertiary/aromatic N) is 1. The lowest BCUT2D eigenvalue weighted by Crippen LogP contribution is -2.39. The van der Waals surface area contributed by atoms with Crippen LogP contribution in [0.1, 0.15) is 49.4 Å². The molecule has 1 aromatic rings. The highest BCUT2D eigenvalue weighted by Gasteiger charge is 2.31. The Hall–Kier alpha value is -2.04. The van der Waals surface area contributed by atoms with Crippen LogP contribution in [0.2, 0.25) is 0 Å². The second kappa shape index (κ2) is 8.56. The Labute approximate surface area is 156 Å². The number of ether oxygens (including phenoxy) is 1. The molecule has 0 saturated carbocycles. The maximum absolute atomic E-state index is 12.7. The molecule has 5 nitrogen and oxygen atoms in total. The molecule has 26 heavy (non-hydrogen) atoms. The normalized spacial score (nSPS) is 17.3. The molecule has 144 valence electrons. The molecule has 1 aliphatic carbocycles. The first-order chi connectivity index (χ1) is 12.3. The minimum absolute atomic E-state index is 0.00801. The van der Waals surface area contributed by atoms with Gasteiger partial charge < -0.3 is 14.7 Å². The summed E-state index contributed by atoms with van der Waals surface area (Å²) in [7, 11) is 0. The van der Waals surface area contributed by atoms with Crippen molar-refractivity contribution in [1.29, 1.82) is 0 Å². The van der Waals surface area contributed by atoms with Gasteiger partial charge in [-0.3, -0.25) is 4.79 Å². The van der Waals surface area contributed by atoms with Crippen LogP contribution < -0.4 is 4.74 Å². The summed E-state index contributed by atoms with van der Waals surface area (Å²) in [6.07, 6.45) is 2.82. The van der Waals surface area contributed by atoms with E-state index < -0.39 is 5.97 Å². The van der Waals surface area contributed by atoms with Gasteiger partial charge in [0.15, 0.2) is 6.61 Å². The molecule has 0 radical (unpaired) electrons. The van der Waals surface area contributed by atoms with E-state index in [9.17, 15) is 9.59 Å². The van der Waals surface area contributed by atoms with Crippen molar-refractivity contribution < 1.29 is 19.4 Å². The lowest BCUT2D eigenvalue weighted by Gasteiger charge is -2.33. The van der Waals surface area contributed by atoms with Gasteiger partial charge in [-0.1, -0.05) is 6.92 Å². The SMILES string of the molecule is CCN(CC)C(=O)[C@@H](C)[C@@H]1CCc2c(C)cc(OCC(=O)O)c(C)c2C1. The molecule has 2 atom stereocenters. The highest BCUT2D eigenvalue weighted by molar-refractivity contribution is 5.79. The summed E-state index contributed by atoms with van der Waals surface area (Å²) >= 11 is 0. The Morgan fingerprint density at radius 2 is 1.92 bits per heavy atom. The largest absolute Gasteiger partial charge is 0.482 e. The standard InChI is InChI=1S/C21H31NO4/c1-6-22(7-2)21(25)14(4)16-8-9-17-13(3)10-19(26-12-20(23)24)15(5)18(17)11-16/h10,14,16H,6-9,11-12H2,1-5H3,(H,23,24)/t14-,16+/m0/s1. The van der Waals surface area contributed by atoms with Gasteiger partial charge in [0.05, 0.1) is 0 Å². The quantitative estimate of drug-likeness (QED) is 0.808. The monoisotopic (exact) mass is 361 g/mol. The summed E-state index contributed by atoms with van der Waals surface area (Å²) in [6.45, 7) is 11.3. The third-order valence-electron chi connectivity index (χ3n) is 5.76. The number of aryl methyl sites for hydroxylation is 1. The maximum Gasteiger partial charge on any atom is 0.341 e. The van der Waals surface area contributed by atoms with Crippen LogP contribution in [0.4, 0.5) is 0 Å². The summed E-state index contributed by atoms with van der Waals surface area (Å²) in [6, 6.07) is 1.95. The molecule has 0 heterocycles. The van der Waals surface area contributed by atoms with Gasteiger partial charge in [0, 0.05) is 19.0 Å². The lowest BCUT2D eigenvalue weighted by molar-refractivity contribution is -0.139. The molecule has 5 heteroatoms. The van der Waals surface area contributed by atoms with Crippen LogP contribution in [-0.2, 0) is 22.4 Å². The zero-order chi connectivity index (χ0) is 19.4. The van der Waals surface area contributed by atoms with Gasteiger partial charge in [0.25, 0.3) is 0 Å². The molecule has 2 rings (SSSR count). The Bertz CT molecular complexity index is 679. The molecule has 1 N–H and O–H groups in total. The zero-order valence-electron chi connectivity index (χ0n) is 16.6. The van der Waals surface area contributed by atoms with Crippen LogP contribution in [0.3, 0.4) is 0 Å². The van der Waals surface area contributed by atoms with E-state index in [1.165, 1.54) is 11.1 Å². The van der Waals surface area contributed by atoms with Crippen molar-refractivity contribution in [1.82, 2.24) is 4.90 Å². The number of fused-ring (bicyclic) bond motifs is 1. The molecule has 0 saturated heterocycles. The van der Waals surface area contributed by atoms with Crippen molar-refractivity contribution in [2.24, 2.45) is 11.8 Å². The predicted octanol–water partition coefficient (Wildman–Crippen LogP) is 3.38. The second-order valence-electron chi connectivity index (χ2n) is 7.26. The Kier molecular flexibility index (Phi) is 6.68. The Morgan fingerprint density at radius 3 is 2.50 bits per heavy atom. The fourth-order valence-corrected chi connectivity index (χ4v) is 4.06. The molecular formula is C21H31NO4. The summed E-state index contributed by atoms with van der Waals surface area (Å²) in [5.41, 5.74) is 4.73. The average Bonchev–Trinajstić information content (AvgIpc) is 2.63. The van der Waals surface area contributed by atoms with Crippen molar-refractivity contribution in [2.45, 2.75) is 53.9 Å². The van der Waals surface area contributed by atoms with Crippen LogP contribution in [-0.4, -0.2) is 41.6 Å². The number of hydrogen-bond acceptors (Lipinski definition) is 3. The molecular weight excluding hydrogens is 330 g/mol. The van der Waals surface area contributed by atoms with Gasteiger partial charge in [-0.15, -0.1) is 0 Å². The number of hydrogen-bond donors (Lipinski definition) is 1. The van der Waals surface area contributed by atoms with Crippen LogP contribution in [0.15, 0.2) is 6.07 Å². The maximum atomic E-state index is 12.7. The molecule has 1 aliphatic rings. The van der Waals surface area contributed by atoms with E-state index in [0.717, 1.165) is 43.5 Å². The summed E-state index contributed by atoms with van der Waals surface area (Å²) in [4.78, 5) is 25.5. The molecule has 1 amide bonds. The van der Waals surface area contributed by atoms with Gasteiger partial charge >= 0.3 is 5.97 Å². The van der Waals surface area contributed by atoms with Crippen molar-refractivity contribution in [2.75, 3.05) is 19.7 Å². The van der Waals surface area contributed by atoms with Gasteiger partial charge in [0.2, 0.25) is 5.91 Å². The van der Waals surface area contributed by atoms with Crippen LogP contribution in [0, 0.1) is 25.7 Å². The Balaban J connectivity index is 2.25. The molecule has 0 aliphatic heterocycles. The van der Waals surface area contributed by atoms with E-state index in [-0.39, 0.29) is 18.4 Å². The summed E-state index contributed by atoms with van der Waals surface area (Å²) < 4.78 is 5.49. The number of carboxylic acid groups (broad SMARTS) is 1. The zero-order valence-corrected chi connectivity index (χ0v) is 16.6. The minimum Gasteiger partial charge on any atom is -0.482 e. The van der Waals surface area contributed by atoms with E-state index in [1.54, 1.807) is 0 Å². The van der Waals surface area contributed by atoms with Crippen molar-refractivity contribution in [3.8, 4) is 5.75 Å². The van der Waals surface area contributed by atoms with Gasteiger partial charge in [0.1, 0.15) is 5.75 Å². The molecule has 0 aromatic heterocycles. The third kappa shape index (κ3) is 4.19. The van der Waals surface area contributed by atoms with Crippen LogP contribution in [0.5, 0.6) is 5.75 Å². The lowest BCUT2D eigenvalue weighted by atomic mass is 9.74. The fourth-order valence-electron chi connectivity index (χ4n) is 4.06. The first kappa shape index (κ1) is 20.3. The second-order valence-corrected chi connectivity index (χ2v) is 7.26. The van der Waals surface area contributed by atoms with E-state index >= 15 is 0 Å². The number of benzene rings is 1. The third-order valence-corrected chi connectivity index (χ3v) is 5.76. The number of carboxylic acids is 1. The number of amides is 1. The van der Waals surface area contributed by atoms with E-state index in [4.69, 9.17) is 9.84 Å². The topological polar surface area (TPSA) is 66.8 Å². The highest BCUT2D eigenvalue weighted by Crippen LogP contribution is 2.38.